The van der Waals surface area contributed by atoms with Gasteiger partial charge in [0.2, 0.25) is 0 Å². The summed E-state index contributed by atoms with van der Waals surface area (Å²) < 4.78 is 0. The standard InChI is InChI=1S/C20H18/c1-4-17(5-2)20(6-3,18-13-9-7-10-14-18)19-15-11-8-12-16-19/h3,7-16H,1,5H2,2H3. The highest BCUT2D eigenvalue weighted by atomic mass is 14.3. The van der Waals surface area contributed by atoms with Crippen LogP contribution >= 0.6 is 0 Å². The Kier molecular flexibility index (Phi) is 4.26. The molecule has 0 aliphatic heterocycles. The molecule has 98 valence electrons. The molecule has 20 heavy (non-hydrogen) atoms. The molecular weight excluding hydrogens is 240 g/mol. The highest BCUT2D eigenvalue weighted by Gasteiger charge is 2.35. The predicted molar refractivity (Wildman–Crippen MR) is 85.4 cm³/mol. The Bertz CT molecular complexity index is 611. The van der Waals surface area contributed by atoms with Gasteiger partial charge in [-0.05, 0) is 23.1 Å². The van der Waals surface area contributed by atoms with Crippen molar-refractivity contribution in [1.29, 1.82) is 0 Å². The van der Waals surface area contributed by atoms with Crippen LogP contribution in [0.4, 0.5) is 0 Å². The van der Waals surface area contributed by atoms with Gasteiger partial charge < -0.3 is 0 Å². The minimum absolute atomic E-state index is 0.584. The summed E-state index contributed by atoms with van der Waals surface area (Å²) in [4.78, 5) is 0. The summed E-state index contributed by atoms with van der Waals surface area (Å²) >= 11 is 0. The van der Waals surface area contributed by atoms with Gasteiger partial charge in [0.05, 0.1) is 0 Å². The average molecular weight is 258 g/mol. The molecule has 0 bridgehead atoms. The van der Waals surface area contributed by atoms with E-state index < -0.39 is 5.41 Å². The van der Waals surface area contributed by atoms with E-state index in [-0.39, 0.29) is 0 Å². The number of rotatable bonds is 4. The maximum atomic E-state index is 5.99. The summed E-state index contributed by atoms with van der Waals surface area (Å²) in [5, 5.41) is 0. The largest absolute Gasteiger partial charge is 0.127 e. The van der Waals surface area contributed by atoms with Crippen LogP contribution < -0.4 is 0 Å². The summed E-state index contributed by atoms with van der Waals surface area (Å²) in [5.74, 6) is 3.01. The zero-order valence-electron chi connectivity index (χ0n) is 11.8. The molecule has 0 saturated heterocycles. The zero-order chi connectivity index (χ0) is 14.4. The molecule has 0 heterocycles. The van der Waals surface area contributed by atoms with Gasteiger partial charge in [-0.1, -0.05) is 80.1 Å². The monoisotopic (exact) mass is 258 g/mol. The van der Waals surface area contributed by atoms with Crippen molar-refractivity contribution in [2.75, 3.05) is 0 Å². The topological polar surface area (TPSA) is 0 Å². The van der Waals surface area contributed by atoms with E-state index in [4.69, 9.17) is 6.42 Å². The van der Waals surface area contributed by atoms with Crippen LogP contribution in [0.2, 0.25) is 0 Å². The number of hydrogen-bond donors (Lipinski definition) is 0. The average Bonchev–Trinajstić information content (AvgIpc) is 2.54. The summed E-state index contributed by atoms with van der Waals surface area (Å²) in [7, 11) is 0. The van der Waals surface area contributed by atoms with Crippen LogP contribution in [0.1, 0.15) is 24.5 Å². The van der Waals surface area contributed by atoms with Crippen molar-refractivity contribution in [2.24, 2.45) is 0 Å². The fraction of sp³-hybridized carbons (Fsp3) is 0.150. The normalized spacial score (nSPS) is 10.4. The van der Waals surface area contributed by atoms with E-state index in [2.05, 4.69) is 49.4 Å². The minimum atomic E-state index is -0.584. The molecule has 0 unspecified atom stereocenters. The third-order valence-electron chi connectivity index (χ3n) is 3.65. The van der Waals surface area contributed by atoms with Gasteiger partial charge in [-0.25, -0.2) is 0 Å². The maximum absolute atomic E-state index is 5.99. The molecule has 0 aliphatic rings. The van der Waals surface area contributed by atoms with Crippen molar-refractivity contribution in [3.8, 4) is 12.3 Å². The van der Waals surface area contributed by atoms with Crippen molar-refractivity contribution in [3.63, 3.8) is 0 Å². The van der Waals surface area contributed by atoms with Crippen LogP contribution in [0.5, 0.6) is 0 Å². The molecule has 0 spiro atoms. The van der Waals surface area contributed by atoms with Crippen LogP contribution in [0.15, 0.2) is 78.5 Å². The zero-order valence-corrected chi connectivity index (χ0v) is 11.8. The van der Waals surface area contributed by atoms with Gasteiger partial charge in [0.25, 0.3) is 0 Å². The lowest BCUT2D eigenvalue weighted by Gasteiger charge is -2.31. The van der Waals surface area contributed by atoms with Crippen LogP contribution in [-0.4, -0.2) is 0 Å². The highest BCUT2D eigenvalue weighted by Crippen LogP contribution is 2.39. The van der Waals surface area contributed by atoms with Gasteiger partial charge >= 0.3 is 0 Å². The van der Waals surface area contributed by atoms with Crippen LogP contribution in [0, 0.1) is 12.3 Å². The van der Waals surface area contributed by atoms with Gasteiger partial charge in [-0.3, -0.25) is 0 Å². The molecule has 0 aliphatic carbocycles. The van der Waals surface area contributed by atoms with E-state index in [9.17, 15) is 0 Å². The lowest BCUT2D eigenvalue weighted by atomic mass is 9.69. The number of allylic oxidation sites excluding steroid dienone is 1. The van der Waals surface area contributed by atoms with E-state index >= 15 is 0 Å². The quantitative estimate of drug-likeness (QED) is 0.549. The summed E-state index contributed by atoms with van der Waals surface area (Å²) in [6.45, 7) is 5.93. The second-order valence-corrected chi connectivity index (χ2v) is 4.64. The Morgan fingerprint density at radius 2 is 1.45 bits per heavy atom. The molecule has 2 rings (SSSR count). The van der Waals surface area contributed by atoms with Gasteiger partial charge in [0.15, 0.2) is 0 Å². The molecule has 0 fully saturated rings. The fourth-order valence-corrected chi connectivity index (χ4v) is 2.67. The number of hydrogen-bond acceptors (Lipinski definition) is 0. The molecule has 0 heteroatoms. The first-order valence-corrected chi connectivity index (χ1v) is 6.77. The van der Waals surface area contributed by atoms with Crippen molar-refractivity contribution >= 4 is 0 Å². The number of benzene rings is 2. The molecule has 0 nitrogen and oxygen atoms in total. The Labute approximate surface area is 121 Å². The van der Waals surface area contributed by atoms with Crippen molar-refractivity contribution in [2.45, 2.75) is 18.8 Å². The van der Waals surface area contributed by atoms with Gasteiger partial charge in [-0.2, -0.15) is 0 Å². The van der Waals surface area contributed by atoms with E-state index in [0.29, 0.717) is 0 Å². The third-order valence-corrected chi connectivity index (χ3v) is 3.65. The highest BCUT2D eigenvalue weighted by molar-refractivity contribution is 5.55. The molecular formula is C20H18. The fourth-order valence-electron chi connectivity index (χ4n) is 2.67. The summed E-state index contributed by atoms with van der Waals surface area (Å²) in [5.41, 5.74) is 5.68. The predicted octanol–water partition coefficient (Wildman–Crippen LogP) is 4.73. The van der Waals surface area contributed by atoms with Crippen LogP contribution in [0.25, 0.3) is 0 Å². The molecule has 0 radical (unpaired) electrons. The molecule has 2 aromatic rings. The van der Waals surface area contributed by atoms with E-state index in [0.717, 1.165) is 23.1 Å². The molecule has 0 amide bonds. The summed E-state index contributed by atoms with van der Waals surface area (Å²) in [6, 6.07) is 20.3. The van der Waals surface area contributed by atoms with Crippen LogP contribution in [0.3, 0.4) is 0 Å². The molecule has 0 atom stereocenters. The first-order valence-electron chi connectivity index (χ1n) is 6.77. The SMILES string of the molecule is C#CC(C(=C=C)CC)(c1ccccc1)c1ccccc1. The Morgan fingerprint density at radius 3 is 1.75 bits per heavy atom. The van der Waals surface area contributed by atoms with Crippen LogP contribution in [-0.2, 0) is 5.41 Å². The second-order valence-electron chi connectivity index (χ2n) is 4.64. The van der Waals surface area contributed by atoms with Crippen molar-refractivity contribution in [3.05, 3.63) is 89.7 Å². The Hall–Kier alpha value is -2.48. The Morgan fingerprint density at radius 1 is 1.00 bits per heavy atom. The van der Waals surface area contributed by atoms with E-state index in [1.165, 1.54) is 0 Å². The smallest absolute Gasteiger partial charge is 0.109 e. The summed E-state index contributed by atoms with van der Waals surface area (Å²) in [6.07, 6.45) is 6.80. The maximum Gasteiger partial charge on any atom is 0.109 e. The van der Waals surface area contributed by atoms with Crippen molar-refractivity contribution < 1.29 is 0 Å². The molecule has 0 N–H and O–H groups in total. The van der Waals surface area contributed by atoms with E-state index in [1.54, 1.807) is 0 Å². The second kappa shape index (κ2) is 6.11. The van der Waals surface area contributed by atoms with Gasteiger partial charge in [0, 0.05) is 0 Å². The number of terminal acetylenes is 1. The van der Waals surface area contributed by atoms with Crippen molar-refractivity contribution in [1.82, 2.24) is 0 Å². The first-order chi connectivity index (χ1) is 9.79. The molecule has 0 aromatic heterocycles. The lowest BCUT2D eigenvalue weighted by molar-refractivity contribution is 0.750. The van der Waals surface area contributed by atoms with E-state index in [1.807, 2.05) is 36.4 Å². The van der Waals surface area contributed by atoms with Gasteiger partial charge in [0.1, 0.15) is 5.41 Å². The van der Waals surface area contributed by atoms with Gasteiger partial charge in [-0.15, -0.1) is 12.2 Å². The lowest BCUT2D eigenvalue weighted by Crippen LogP contribution is -2.28. The molecule has 2 aromatic carbocycles. The first kappa shape index (κ1) is 13.9. The Balaban J connectivity index is 2.79. The third kappa shape index (κ3) is 2.21. The molecule has 0 saturated carbocycles. The minimum Gasteiger partial charge on any atom is -0.127 e.